The van der Waals surface area contributed by atoms with Crippen LogP contribution in [0, 0.1) is 0 Å². The van der Waals surface area contributed by atoms with E-state index in [1.54, 1.807) is 6.08 Å². The Labute approximate surface area is 156 Å². The maximum atomic E-state index is 11.5. The molecular weight excluding hydrogens is 342 g/mol. The number of benzene rings is 2. The van der Waals surface area contributed by atoms with E-state index in [0.717, 1.165) is 47.8 Å². The SMILES string of the molecule is CCCCN1c2ccccc2Oc2cc(/C=C/c3c(O)c(=O)c3=O)ccc21. The van der Waals surface area contributed by atoms with E-state index in [4.69, 9.17) is 4.74 Å². The minimum atomic E-state index is -0.827. The first-order valence-corrected chi connectivity index (χ1v) is 8.99. The predicted octanol–water partition coefficient (Wildman–Crippen LogP) is 4.20. The zero-order chi connectivity index (χ0) is 19.0. The maximum absolute atomic E-state index is 11.5. The molecule has 0 atom stereocenters. The normalized spacial score (nSPS) is 12.9. The number of hydrogen-bond donors (Lipinski definition) is 1. The zero-order valence-electron chi connectivity index (χ0n) is 14.9. The molecule has 0 radical (unpaired) electrons. The molecule has 5 heteroatoms. The van der Waals surface area contributed by atoms with Crippen LogP contribution in [0.4, 0.5) is 11.4 Å². The lowest BCUT2D eigenvalue weighted by Crippen LogP contribution is -2.32. The summed E-state index contributed by atoms with van der Waals surface area (Å²) in [6, 6.07) is 13.7. The lowest BCUT2D eigenvalue weighted by Gasteiger charge is -2.33. The van der Waals surface area contributed by atoms with Gasteiger partial charge in [0.05, 0.1) is 16.9 Å². The molecule has 3 aromatic carbocycles. The van der Waals surface area contributed by atoms with Crippen molar-refractivity contribution in [3.8, 4) is 17.2 Å². The molecule has 1 heterocycles. The average Bonchev–Trinajstić information content (AvgIpc) is 2.70. The van der Waals surface area contributed by atoms with E-state index in [1.165, 1.54) is 6.08 Å². The predicted molar refractivity (Wildman–Crippen MR) is 107 cm³/mol. The average molecular weight is 361 g/mol. The molecule has 0 aromatic heterocycles. The fourth-order valence-corrected chi connectivity index (χ4v) is 3.24. The summed E-state index contributed by atoms with van der Waals surface area (Å²) in [6.45, 7) is 3.06. The standard InChI is InChI=1S/C22H19NO4/c1-2-3-12-23-16-6-4-5-7-18(16)27-19-13-14(9-11-17(19)23)8-10-15-20(24)22(26)21(15)25/h4-11,13,24H,2-3,12H2,1H3/b10-8+. The molecule has 1 aliphatic rings. The third-order valence-electron chi connectivity index (χ3n) is 4.75. The van der Waals surface area contributed by atoms with Gasteiger partial charge in [-0.25, -0.2) is 0 Å². The van der Waals surface area contributed by atoms with Gasteiger partial charge in [-0.2, -0.15) is 0 Å². The number of aromatic hydroxyl groups is 1. The quantitative estimate of drug-likeness (QED) is 0.690. The zero-order valence-corrected chi connectivity index (χ0v) is 14.9. The Morgan fingerprint density at radius 1 is 1.00 bits per heavy atom. The summed E-state index contributed by atoms with van der Waals surface area (Å²) < 4.78 is 6.08. The van der Waals surface area contributed by atoms with E-state index in [2.05, 4.69) is 17.9 Å². The van der Waals surface area contributed by atoms with E-state index in [0.29, 0.717) is 0 Å². The highest BCUT2D eigenvalue weighted by atomic mass is 16.5. The Morgan fingerprint density at radius 3 is 2.56 bits per heavy atom. The molecule has 1 aliphatic heterocycles. The Hall–Kier alpha value is -3.34. The number of hydrogen-bond acceptors (Lipinski definition) is 5. The van der Waals surface area contributed by atoms with Crippen LogP contribution in [0.3, 0.4) is 0 Å². The van der Waals surface area contributed by atoms with Crippen molar-refractivity contribution in [3.63, 3.8) is 0 Å². The Balaban J connectivity index is 1.68. The van der Waals surface area contributed by atoms with Crippen LogP contribution in [0.15, 0.2) is 52.1 Å². The van der Waals surface area contributed by atoms with Crippen LogP contribution >= 0.6 is 0 Å². The lowest BCUT2D eigenvalue weighted by atomic mass is 10.1. The summed E-state index contributed by atoms with van der Waals surface area (Å²) in [5.41, 5.74) is 1.43. The van der Waals surface area contributed by atoms with Crippen molar-refractivity contribution in [3.05, 3.63) is 74.0 Å². The second-order valence-corrected chi connectivity index (χ2v) is 6.56. The topological polar surface area (TPSA) is 66.8 Å². The van der Waals surface area contributed by atoms with Gasteiger partial charge < -0.3 is 14.7 Å². The van der Waals surface area contributed by atoms with Crippen molar-refractivity contribution < 1.29 is 9.84 Å². The van der Waals surface area contributed by atoms with Gasteiger partial charge in [-0.1, -0.05) is 37.6 Å². The van der Waals surface area contributed by atoms with Crippen LogP contribution in [-0.2, 0) is 0 Å². The number of ether oxygens (including phenoxy) is 1. The van der Waals surface area contributed by atoms with Crippen LogP contribution in [0.25, 0.3) is 12.2 Å². The van der Waals surface area contributed by atoms with Crippen molar-refractivity contribution in [2.24, 2.45) is 0 Å². The number of fused-ring (bicyclic) bond motifs is 2. The molecule has 0 unspecified atom stereocenters. The van der Waals surface area contributed by atoms with Gasteiger partial charge in [-0.3, -0.25) is 9.59 Å². The molecule has 27 heavy (non-hydrogen) atoms. The lowest BCUT2D eigenvalue weighted by molar-refractivity contribution is 0.461. The molecule has 0 saturated heterocycles. The molecule has 136 valence electrons. The van der Waals surface area contributed by atoms with E-state index in [9.17, 15) is 14.7 Å². The Bertz CT molecular complexity index is 1110. The summed E-state index contributed by atoms with van der Waals surface area (Å²) in [6.07, 6.45) is 5.32. The number of nitrogens with zero attached hydrogens (tertiary/aromatic N) is 1. The second-order valence-electron chi connectivity index (χ2n) is 6.56. The summed E-state index contributed by atoms with van der Waals surface area (Å²) in [4.78, 5) is 24.8. The largest absolute Gasteiger partial charge is 0.504 e. The Kier molecular flexibility index (Phi) is 4.28. The smallest absolute Gasteiger partial charge is 0.268 e. The highest BCUT2D eigenvalue weighted by molar-refractivity contribution is 5.81. The van der Waals surface area contributed by atoms with Crippen molar-refractivity contribution >= 4 is 23.5 Å². The highest BCUT2D eigenvalue weighted by Crippen LogP contribution is 2.46. The van der Waals surface area contributed by atoms with Gasteiger partial charge in [0.25, 0.3) is 5.43 Å². The highest BCUT2D eigenvalue weighted by Gasteiger charge is 2.23. The van der Waals surface area contributed by atoms with Gasteiger partial charge >= 0.3 is 0 Å². The molecular formula is C22H19NO4. The van der Waals surface area contributed by atoms with Crippen molar-refractivity contribution in [1.82, 2.24) is 0 Å². The monoisotopic (exact) mass is 361 g/mol. The summed E-state index contributed by atoms with van der Waals surface area (Å²) in [7, 11) is 0. The minimum Gasteiger partial charge on any atom is -0.504 e. The maximum Gasteiger partial charge on any atom is 0.268 e. The van der Waals surface area contributed by atoms with Gasteiger partial charge in [-0.15, -0.1) is 0 Å². The molecule has 3 aromatic rings. The number of para-hydroxylation sites is 2. The fourth-order valence-electron chi connectivity index (χ4n) is 3.24. The minimum absolute atomic E-state index is 0.0496. The number of anilines is 2. The first-order valence-electron chi connectivity index (χ1n) is 8.99. The first kappa shape index (κ1) is 17.1. The molecule has 4 rings (SSSR count). The van der Waals surface area contributed by atoms with E-state index >= 15 is 0 Å². The summed E-state index contributed by atoms with van der Waals surface area (Å²) in [5.74, 6) is 1.08. The Morgan fingerprint density at radius 2 is 1.78 bits per heavy atom. The molecule has 0 fully saturated rings. The van der Waals surface area contributed by atoms with Gasteiger partial charge in [-0.05, 0) is 42.3 Å². The van der Waals surface area contributed by atoms with Gasteiger partial charge in [0, 0.05) is 6.54 Å². The summed E-state index contributed by atoms with van der Waals surface area (Å²) in [5, 5.41) is 9.47. The van der Waals surface area contributed by atoms with Crippen LogP contribution in [-0.4, -0.2) is 11.7 Å². The van der Waals surface area contributed by atoms with Gasteiger partial charge in [0.15, 0.2) is 17.2 Å². The molecule has 0 spiro atoms. The van der Waals surface area contributed by atoms with Gasteiger partial charge in [0.1, 0.15) is 0 Å². The van der Waals surface area contributed by atoms with E-state index in [-0.39, 0.29) is 5.56 Å². The molecule has 5 nitrogen and oxygen atoms in total. The third kappa shape index (κ3) is 2.91. The first-order chi connectivity index (χ1) is 13.1. The fraction of sp³-hybridized carbons (Fsp3) is 0.182. The van der Waals surface area contributed by atoms with Gasteiger partial charge in [0.2, 0.25) is 5.43 Å². The molecule has 0 amide bonds. The summed E-state index contributed by atoms with van der Waals surface area (Å²) >= 11 is 0. The second kappa shape index (κ2) is 6.76. The third-order valence-corrected chi connectivity index (χ3v) is 4.75. The van der Waals surface area contributed by atoms with Crippen molar-refractivity contribution in [2.75, 3.05) is 11.4 Å². The van der Waals surface area contributed by atoms with E-state index in [1.807, 2.05) is 36.4 Å². The molecule has 0 aliphatic carbocycles. The number of unbranched alkanes of at least 4 members (excludes halogenated alkanes) is 1. The van der Waals surface area contributed by atoms with Crippen LogP contribution < -0.4 is 20.5 Å². The molecule has 0 saturated carbocycles. The van der Waals surface area contributed by atoms with Crippen LogP contribution in [0.2, 0.25) is 0 Å². The van der Waals surface area contributed by atoms with Crippen LogP contribution in [0.1, 0.15) is 30.9 Å². The van der Waals surface area contributed by atoms with Crippen molar-refractivity contribution in [2.45, 2.75) is 19.8 Å². The molecule has 1 N–H and O–H groups in total. The van der Waals surface area contributed by atoms with E-state index < -0.39 is 16.6 Å². The van der Waals surface area contributed by atoms with Crippen LogP contribution in [0.5, 0.6) is 17.2 Å². The van der Waals surface area contributed by atoms with Crippen molar-refractivity contribution in [1.29, 1.82) is 0 Å². The molecule has 0 bridgehead atoms. The number of rotatable bonds is 5.